The number of aliphatic imine (C=N–C) groups is 1. The number of halogens is 4. The predicted molar refractivity (Wildman–Crippen MR) is 215 cm³/mol. The van der Waals surface area contributed by atoms with Gasteiger partial charge in [-0.2, -0.15) is 0 Å². The molecule has 2 aromatic rings. The fraction of sp³-hybridized carbons (Fsp3) is 0.689. The van der Waals surface area contributed by atoms with E-state index in [1.165, 1.54) is 5.56 Å². The molecule has 4 atom stereocenters. The summed E-state index contributed by atoms with van der Waals surface area (Å²) >= 11 is 0. The molecule has 6 aliphatic rings. The molecule has 3 N–H and O–H groups in total. The fourth-order valence-electron chi connectivity index (χ4n) is 9.70. The molecule has 1 aromatic carbocycles. The van der Waals surface area contributed by atoms with Crippen LogP contribution in [0.25, 0.3) is 5.57 Å². The predicted octanol–water partition coefficient (Wildman–Crippen LogP) is 9.28. The van der Waals surface area contributed by atoms with Crippen LogP contribution in [0.3, 0.4) is 0 Å². The summed E-state index contributed by atoms with van der Waals surface area (Å²) in [5.74, 6) is -5.98. The van der Waals surface area contributed by atoms with Crippen molar-refractivity contribution >= 4 is 23.1 Å². The van der Waals surface area contributed by atoms with E-state index in [9.17, 15) is 27.2 Å². The van der Waals surface area contributed by atoms with Gasteiger partial charge in [0.15, 0.2) is 0 Å². The van der Waals surface area contributed by atoms with Gasteiger partial charge in [-0.3, -0.25) is 14.6 Å². The Kier molecular flexibility index (Phi) is 10.7. The zero-order valence-corrected chi connectivity index (χ0v) is 35.4. The first-order chi connectivity index (χ1) is 26.9. The van der Waals surface area contributed by atoms with E-state index in [1.54, 1.807) is 13.8 Å². The van der Waals surface area contributed by atoms with E-state index >= 15 is 0 Å². The van der Waals surface area contributed by atoms with E-state index in [0.29, 0.717) is 12.2 Å². The Morgan fingerprint density at radius 1 is 0.707 bits per heavy atom. The van der Waals surface area contributed by atoms with Gasteiger partial charge < -0.3 is 25.1 Å². The number of allylic oxidation sites excluding steroid dienone is 1. The fourth-order valence-corrected chi connectivity index (χ4v) is 9.70. The topological polar surface area (TPSA) is 118 Å². The number of benzene rings is 1. The third-order valence-electron chi connectivity index (χ3n) is 14.0. The molecular weight excluding hydrogens is 751 g/mol. The highest BCUT2D eigenvalue weighted by Gasteiger charge is 2.52. The van der Waals surface area contributed by atoms with Gasteiger partial charge in [0.1, 0.15) is 30.2 Å². The van der Waals surface area contributed by atoms with Crippen LogP contribution in [0.4, 0.5) is 17.6 Å². The van der Waals surface area contributed by atoms with E-state index in [1.807, 2.05) is 53.9 Å². The number of fused-ring (bicyclic) bond motifs is 3. The summed E-state index contributed by atoms with van der Waals surface area (Å²) in [7, 11) is 0. The highest BCUT2D eigenvalue weighted by Crippen LogP contribution is 2.58. The minimum Gasteiger partial charge on any atom is -0.359 e. The van der Waals surface area contributed by atoms with E-state index in [0.717, 1.165) is 61.1 Å². The van der Waals surface area contributed by atoms with Crippen molar-refractivity contribution in [1.82, 2.24) is 20.6 Å². The summed E-state index contributed by atoms with van der Waals surface area (Å²) in [5, 5.41) is 6.21. The zero-order valence-electron chi connectivity index (χ0n) is 35.4. The molecule has 13 heteroatoms. The SMILES string of the molecule is CC(C)(C)[C@H](NC(=O)[C@@]1(C)CCC(F)(F)CO1)C1=NC=C(c2ccc(C34CCC(c5cnc([C@@H](NC(=O)[C@@]6(C)CCC(F)(F)CO6)C(C)(C)C)[nH]5)(CC3)CC4)cc2)C1. The van der Waals surface area contributed by atoms with Gasteiger partial charge in [0.25, 0.3) is 23.7 Å². The van der Waals surface area contributed by atoms with Crippen LogP contribution < -0.4 is 10.6 Å². The molecule has 2 bridgehead atoms. The Labute approximate surface area is 340 Å². The summed E-state index contributed by atoms with van der Waals surface area (Å²) in [6.07, 6.45) is 9.66. The van der Waals surface area contributed by atoms with Crippen molar-refractivity contribution in [3.05, 3.63) is 59.3 Å². The lowest BCUT2D eigenvalue weighted by atomic mass is 9.51. The molecule has 1 aromatic heterocycles. The van der Waals surface area contributed by atoms with Gasteiger partial charge in [-0.25, -0.2) is 22.5 Å². The smallest absolute Gasteiger partial charge is 0.271 e. The van der Waals surface area contributed by atoms with E-state index in [4.69, 9.17) is 19.5 Å². The summed E-state index contributed by atoms with van der Waals surface area (Å²) in [6, 6.07) is 8.01. The number of nitrogens with one attached hydrogen (secondary N) is 3. The molecular formula is C45H61F4N5O4. The minimum absolute atomic E-state index is 0.0313. The minimum atomic E-state index is -2.92. The summed E-state index contributed by atoms with van der Waals surface area (Å²) in [6.45, 7) is 13.8. The van der Waals surface area contributed by atoms with Gasteiger partial charge in [-0.05, 0) is 98.2 Å². The first-order valence-corrected chi connectivity index (χ1v) is 20.9. The Hall–Kier alpha value is -3.58. The highest BCUT2D eigenvalue weighted by molar-refractivity contribution is 6.04. The summed E-state index contributed by atoms with van der Waals surface area (Å²) in [4.78, 5) is 40.1. The average molecular weight is 812 g/mol. The number of alkyl halides is 4. The largest absolute Gasteiger partial charge is 0.359 e. The van der Waals surface area contributed by atoms with Gasteiger partial charge >= 0.3 is 0 Å². The van der Waals surface area contributed by atoms with Crippen LogP contribution in [0.2, 0.25) is 0 Å². The second-order valence-electron chi connectivity index (χ2n) is 20.6. The maximum absolute atomic E-state index is 13.8. The number of carbonyl (C=O) groups is 2. The van der Waals surface area contributed by atoms with Gasteiger partial charge in [-0.1, -0.05) is 65.8 Å². The molecule has 8 rings (SSSR count). The maximum Gasteiger partial charge on any atom is 0.271 e. The number of carbonyl (C=O) groups excluding carboxylic acids is 2. The van der Waals surface area contributed by atoms with Crippen LogP contribution >= 0.6 is 0 Å². The lowest BCUT2D eigenvalue weighted by Crippen LogP contribution is -2.58. The third kappa shape index (κ3) is 8.27. The van der Waals surface area contributed by atoms with Crippen LogP contribution in [0, 0.1) is 10.8 Å². The molecule has 3 saturated carbocycles. The third-order valence-corrected chi connectivity index (χ3v) is 14.0. The van der Waals surface area contributed by atoms with Crippen LogP contribution in [-0.4, -0.2) is 69.8 Å². The molecule has 0 spiro atoms. The molecule has 318 valence electrons. The molecule has 0 radical (unpaired) electrons. The van der Waals surface area contributed by atoms with Crippen molar-refractivity contribution in [2.75, 3.05) is 13.2 Å². The molecule has 3 aliphatic heterocycles. The van der Waals surface area contributed by atoms with Gasteiger partial charge in [0.05, 0.1) is 12.1 Å². The van der Waals surface area contributed by atoms with Crippen molar-refractivity contribution in [1.29, 1.82) is 0 Å². The maximum atomic E-state index is 13.8. The molecule has 4 heterocycles. The quantitative estimate of drug-likeness (QED) is 0.218. The summed E-state index contributed by atoms with van der Waals surface area (Å²) in [5.41, 5.74) is 2.04. The highest BCUT2D eigenvalue weighted by atomic mass is 19.3. The van der Waals surface area contributed by atoms with Crippen LogP contribution in [-0.2, 0) is 29.9 Å². The number of imidazole rings is 1. The monoisotopic (exact) mass is 811 g/mol. The number of aromatic amines is 1. The van der Waals surface area contributed by atoms with Gasteiger partial charge in [0, 0.05) is 48.5 Å². The van der Waals surface area contributed by atoms with Crippen molar-refractivity contribution in [3.8, 4) is 0 Å². The van der Waals surface area contributed by atoms with Gasteiger partial charge in [-0.15, -0.1) is 0 Å². The van der Waals surface area contributed by atoms with Crippen molar-refractivity contribution in [2.24, 2.45) is 15.8 Å². The number of nitrogens with zero attached hydrogens (tertiary/aromatic N) is 2. The van der Waals surface area contributed by atoms with Crippen molar-refractivity contribution in [3.63, 3.8) is 0 Å². The number of rotatable bonds is 9. The van der Waals surface area contributed by atoms with Crippen molar-refractivity contribution in [2.45, 2.75) is 172 Å². The molecule has 5 fully saturated rings. The van der Waals surface area contributed by atoms with Crippen LogP contribution in [0.15, 0.2) is 41.7 Å². The van der Waals surface area contributed by atoms with Crippen LogP contribution in [0.1, 0.15) is 155 Å². The van der Waals surface area contributed by atoms with Crippen molar-refractivity contribution < 1.29 is 36.6 Å². The van der Waals surface area contributed by atoms with E-state index in [2.05, 4.69) is 39.9 Å². The normalized spacial score (nSPS) is 31.9. The second kappa shape index (κ2) is 14.6. The standard InChI is InChI=1S/C45H61F4N5O4/c1-38(2,3)33(53-36(55)40(7)13-21-44(46,47)26-57-40)31-23-29(24-50-31)28-9-11-30(12-10-28)42-15-18-43(19-16-42,20-17-42)32-25-51-35(52-32)34(39(4,5)6)54-37(56)41(8)14-22-45(48,49)27-58-41/h9-12,24-25,33-34H,13-23,26-27H2,1-8H3,(H,51,52)(H,53,55)(H,54,56)/t33-,34-,40-,41-,42?,43?/m1/s1. The number of hydrogen-bond acceptors (Lipinski definition) is 6. The summed E-state index contributed by atoms with van der Waals surface area (Å²) < 4.78 is 66.1. The zero-order chi connectivity index (χ0) is 42.2. The second-order valence-corrected chi connectivity index (χ2v) is 20.6. The molecule has 9 nitrogen and oxygen atoms in total. The molecule has 3 aliphatic carbocycles. The Bertz CT molecular complexity index is 1910. The number of aromatic nitrogens is 2. The van der Waals surface area contributed by atoms with E-state index in [-0.39, 0.29) is 35.5 Å². The Morgan fingerprint density at radius 2 is 1.19 bits per heavy atom. The molecule has 58 heavy (non-hydrogen) atoms. The molecule has 2 amide bonds. The van der Waals surface area contributed by atoms with Gasteiger partial charge in [0.2, 0.25) is 0 Å². The van der Waals surface area contributed by atoms with Crippen LogP contribution in [0.5, 0.6) is 0 Å². The molecule has 0 unspecified atom stereocenters. The molecule has 2 saturated heterocycles. The first kappa shape index (κ1) is 42.5. The number of hydrogen-bond donors (Lipinski definition) is 3. The Morgan fingerprint density at radius 3 is 1.66 bits per heavy atom. The lowest BCUT2D eigenvalue weighted by Gasteiger charge is -2.53. The number of ether oxygens (including phenoxy) is 2. The Balaban J connectivity index is 0.977. The average Bonchev–Trinajstić information content (AvgIpc) is 3.87. The first-order valence-electron chi connectivity index (χ1n) is 20.9. The lowest BCUT2D eigenvalue weighted by molar-refractivity contribution is -0.190. The number of H-pyrrole nitrogens is 1. The van der Waals surface area contributed by atoms with E-state index < -0.39 is 72.0 Å². The number of amides is 2.